The van der Waals surface area contributed by atoms with Crippen molar-refractivity contribution in [2.24, 2.45) is 5.92 Å². The van der Waals surface area contributed by atoms with Gasteiger partial charge in [0.05, 0.1) is 6.10 Å². The van der Waals surface area contributed by atoms with E-state index in [9.17, 15) is 14.3 Å². The summed E-state index contributed by atoms with van der Waals surface area (Å²) in [6.07, 6.45) is 2.17. The molecule has 1 saturated heterocycles. The largest absolute Gasteiger partial charge is 0.388 e. The fourth-order valence-corrected chi connectivity index (χ4v) is 3.08. The molecule has 126 valence electrons. The number of aromatic nitrogens is 2. The van der Waals surface area contributed by atoms with Crippen molar-refractivity contribution in [3.8, 4) is 0 Å². The third-order valence-corrected chi connectivity index (χ3v) is 4.51. The first-order valence-corrected chi connectivity index (χ1v) is 8.06. The molecule has 1 aromatic carbocycles. The van der Waals surface area contributed by atoms with Gasteiger partial charge in [-0.3, -0.25) is 4.79 Å². The van der Waals surface area contributed by atoms with E-state index in [1.807, 2.05) is 6.92 Å². The lowest BCUT2D eigenvalue weighted by atomic mass is 9.87. The van der Waals surface area contributed by atoms with Crippen LogP contribution in [0.1, 0.15) is 40.7 Å². The Balaban J connectivity index is 1.61. The summed E-state index contributed by atoms with van der Waals surface area (Å²) >= 11 is 0. The molecule has 2 aromatic rings. The molecule has 1 fully saturated rings. The molecule has 0 radical (unpaired) electrons. The van der Waals surface area contributed by atoms with Gasteiger partial charge in [-0.2, -0.15) is 0 Å². The Bertz CT molecular complexity index is 712. The number of benzene rings is 1. The highest BCUT2D eigenvalue weighted by molar-refractivity contribution is 5.92. The van der Waals surface area contributed by atoms with Crippen molar-refractivity contribution in [2.75, 3.05) is 13.1 Å². The molecule has 1 unspecified atom stereocenters. The summed E-state index contributed by atoms with van der Waals surface area (Å²) in [6.45, 7) is 2.97. The summed E-state index contributed by atoms with van der Waals surface area (Å²) < 4.78 is 13.0. The smallest absolute Gasteiger partial charge is 0.272 e. The molecule has 5 nitrogen and oxygen atoms in total. The van der Waals surface area contributed by atoms with Crippen molar-refractivity contribution in [1.82, 2.24) is 14.9 Å². The number of hydrogen-bond acceptors (Lipinski definition) is 4. The van der Waals surface area contributed by atoms with Crippen LogP contribution < -0.4 is 0 Å². The Morgan fingerprint density at radius 2 is 1.92 bits per heavy atom. The molecular formula is C18H20FN3O2. The zero-order valence-electron chi connectivity index (χ0n) is 13.5. The fraction of sp³-hybridized carbons (Fsp3) is 0.389. The standard InChI is InChI=1S/C18H20FN3O2/c1-12-10-16(21-11-20-12)18(24)22-8-6-14(7-9-22)17(23)13-2-4-15(19)5-3-13/h2-5,10-11,14,17,23H,6-9H2,1H3. The van der Waals surface area contributed by atoms with Crippen molar-refractivity contribution in [1.29, 1.82) is 0 Å². The van der Waals surface area contributed by atoms with Gasteiger partial charge in [-0.15, -0.1) is 0 Å². The van der Waals surface area contributed by atoms with Gasteiger partial charge in [-0.05, 0) is 49.4 Å². The number of carbonyl (C=O) groups excluding carboxylic acids is 1. The average molecular weight is 329 g/mol. The summed E-state index contributed by atoms with van der Waals surface area (Å²) in [7, 11) is 0. The summed E-state index contributed by atoms with van der Waals surface area (Å²) in [5.74, 6) is -0.353. The minimum absolute atomic E-state index is 0.0617. The maximum atomic E-state index is 13.0. The van der Waals surface area contributed by atoms with E-state index in [0.717, 1.165) is 5.69 Å². The van der Waals surface area contributed by atoms with Crippen molar-refractivity contribution in [3.05, 3.63) is 59.4 Å². The highest BCUT2D eigenvalue weighted by Gasteiger charge is 2.29. The molecule has 1 amide bonds. The molecule has 0 aliphatic carbocycles. The average Bonchev–Trinajstić information content (AvgIpc) is 2.61. The summed E-state index contributed by atoms with van der Waals surface area (Å²) in [5, 5.41) is 10.5. The maximum Gasteiger partial charge on any atom is 0.272 e. The fourth-order valence-electron chi connectivity index (χ4n) is 3.08. The first-order valence-electron chi connectivity index (χ1n) is 8.06. The molecule has 0 spiro atoms. The highest BCUT2D eigenvalue weighted by Crippen LogP contribution is 2.31. The number of aliphatic hydroxyl groups is 1. The van der Waals surface area contributed by atoms with Crippen LogP contribution in [-0.4, -0.2) is 39.0 Å². The Hall–Kier alpha value is -2.34. The number of nitrogens with zero attached hydrogens (tertiary/aromatic N) is 3. The van der Waals surface area contributed by atoms with E-state index in [-0.39, 0.29) is 17.6 Å². The van der Waals surface area contributed by atoms with Crippen molar-refractivity contribution >= 4 is 5.91 Å². The topological polar surface area (TPSA) is 66.3 Å². The molecule has 3 rings (SSSR count). The van der Waals surface area contributed by atoms with Crippen molar-refractivity contribution in [3.63, 3.8) is 0 Å². The SMILES string of the molecule is Cc1cc(C(=O)N2CCC(C(O)c3ccc(F)cc3)CC2)ncn1. The molecule has 0 saturated carbocycles. The lowest BCUT2D eigenvalue weighted by Gasteiger charge is -2.34. The van der Waals surface area contributed by atoms with Gasteiger partial charge in [-0.25, -0.2) is 14.4 Å². The van der Waals surface area contributed by atoms with Crippen LogP contribution in [0.2, 0.25) is 0 Å². The van der Waals surface area contributed by atoms with Crippen LogP contribution >= 0.6 is 0 Å². The van der Waals surface area contributed by atoms with Crippen molar-refractivity contribution < 1.29 is 14.3 Å². The van der Waals surface area contributed by atoms with Crippen LogP contribution in [0.3, 0.4) is 0 Å². The van der Waals surface area contributed by atoms with Gasteiger partial charge in [0.2, 0.25) is 0 Å². The summed E-state index contributed by atoms with van der Waals surface area (Å²) in [5.41, 5.74) is 1.88. The highest BCUT2D eigenvalue weighted by atomic mass is 19.1. The molecule has 1 aliphatic heterocycles. The van der Waals surface area contributed by atoms with Gasteiger partial charge < -0.3 is 10.0 Å². The van der Waals surface area contributed by atoms with Crippen LogP contribution in [0.25, 0.3) is 0 Å². The molecule has 24 heavy (non-hydrogen) atoms. The van der Waals surface area contributed by atoms with Crippen LogP contribution in [0.15, 0.2) is 36.7 Å². The second kappa shape index (κ2) is 7.05. The predicted molar refractivity (Wildman–Crippen MR) is 86.8 cm³/mol. The minimum atomic E-state index is -0.635. The van der Waals surface area contributed by atoms with Gasteiger partial charge in [-0.1, -0.05) is 12.1 Å². The molecular weight excluding hydrogens is 309 g/mol. The van der Waals surface area contributed by atoms with E-state index in [2.05, 4.69) is 9.97 Å². The second-order valence-corrected chi connectivity index (χ2v) is 6.17. The third-order valence-electron chi connectivity index (χ3n) is 4.51. The molecule has 1 N–H and O–H groups in total. The minimum Gasteiger partial charge on any atom is -0.388 e. The number of rotatable bonds is 3. The molecule has 1 aliphatic rings. The summed E-state index contributed by atoms with van der Waals surface area (Å²) in [6, 6.07) is 7.62. The van der Waals surface area contributed by atoms with E-state index < -0.39 is 6.10 Å². The predicted octanol–water partition coefficient (Wildman–Crippen LogP) is 2.51. The Kier molecular flexibility index (Phi) is 4.85. The van der Waals surface area contributed by atoms with Gasteiger partial charge in [0.1, 0.15) is 17.8 Å². The Morgan fingerprint density at radius 3 is 2.54 bits per heavy atom. The molecule has 6 heteroatoms. The normalized spacial score (nSPS) is 16.9. The van der Waals surface area contributed by atoms with Crippen LogP contribution in [0.5, 0.6) is 0 Å². The van der Waals surface area contributed by atoms with E-state index in [4.69, 9.17) is 0 Å². The van der Waals surface area contributed by atoms with Gasteiger partial charge in [0.25, 0.3) is 5.91 Å². The van der Waals surface area contributed by atoms with Crippen LogP contribution in [-0.2, 0) is 0 Å². The zero-order chi connectivity index (χ0) is 17.1. The number of carbonyl (C=O) groups is 1. The molecule has 1 atom stereocenters. The van der Waals surface area contributed by atoms with E-state index in [1.165, 1.54) is 18.5 Å². The third kappa shape index (κ3) is 3.59. The van der Waals surface area contributed by atoms with Crippen LogP contribution in [0, 0.1) is 18.7 Å². The quantitative estimate of drug-likeness (QED) is 0.939. The first kappa shape index (κ1) is 16.5. The number of halogens is 1. The molecule has 1 aromatic heterocycles. The van der Waals surface area contributed by atoms with Gasteiger partial charge >= 0.3 is 0 Å². The summed E-state index contributed by atoms with van der Waals surface area (Å²) in [4.78, 5) is 22.3. The molecule has 2 heterocycles. The lowest BCUT2D eigenvalue weighted by molar-refractivity contribution is 0.0458. The van der Waals surface area contributed by atoms with E-state index >= 15 is 0 Å². The number of aryl methyl sites for hydroxylation is 1. The van der Waals surface area contributed by atoms with E-state index in [1.54, 1.807) is 23.1 Å². The maximum absolute atomic E-state index is 13.0. The number of piperidine rings is 1. The first-order chi connectivity index (χ1) is 11.5. The molecule has 0 bridgehead atoms. The Morgan fingerprint density at radius 1 is 1.25 bits per heavy atom. The zero-order valence-corrected chi connectivity index (χ0v) is 13.5. The number of hydrogen-bond donors (Lipinski definition) is 1. The number of likely N-dealkylation sites (tertiary alicyclic amines) is 1. The monoisotopic (exact) mass is 329 g/mol. The number of amides is 1. The second-order valence-electron chi connectivity index (χ2n) is 6.17. The van der Waals surface area contributed by atoms with Gasteiger partial charge in [0.15, 0.2) is 0 Å². The van der Waals surface area contributed by atoms with Crippen LogP contribution in [0.4, 0.5) is 4.39 Å². The lowest BCUT2D eigenvalue weighted by Crippen LogP contribution is -2.40. The Labute approximate surface area is 140 Å². The van der Waals surface area contributed by atoms with Crippen molar-refractivity contribution in [2.45, 2.75) is 25.9 Å². The van der Waals surface area contributed by atoms with E-state index in [0.29, 0.717) is 37.2 Å². The number of aliphatic hydroxyl groups excluding tert-OH is 1. The van der Waals surface area contributed by atoms with Gasteiger partial charge in [0, 0.05) is 18.8 Å².